The molecule has 0 saturated heterocycles. The van der Waals surface area contributed by atoms with E-state index in [2.05, 4.69) is 9.44 Å². The zero-order chi connectivity index (χ0) is 10.5. The smallest absolute Gasteiger partial charge is 0.277 e. The second-order valence-electron chi connectivity index (χ2n) is 3.44. The summed E-state index contributed by atoms with van der Waals surface area (Å²) >= 11 is 0. The molecule has 0 aliphatic heterocycles. The van der Waals surface area contributed by atoms with Crippen LogP contribution in [0.2, 0.25) is 0 Å². The zero-order valence-electron chi connectivity index (χ0n) is 8.78. The summed E-state index contributed by atoms with van der Waals surface area (Å²) < 4.78 is 27.1. The Morgan fingerprint density at radius 3 is 2.14 bits per heavy atom. The molecular formula is C7H20ClN3O2S. The van der Waals surface area contributed by atoms with E-state index in [1.807, 2.05) is 6.92 Å². The monoisotopic (exact) mass is 245 g/mol. The molecule has 0 radical (unpaired) electrons. The molecule has 4 N–H and O–H groups in total. The van der Waals surface area contributed by atoms with Gasteiger partial charge in [0.25, 0.3) is 10.2 Å². The van der Waals surface area contributed by atoms with E-state index < -0.39 is 10.2 Å². The van der Waals surface area contributed by atoms with Gasteiger partial charge >= 0.3 is 0 Å². The quantitative estimate of drug-likeness (QED) is 0.615. The van der Waals surface area contributed by atoms with Crippen LogP contribution < -0.4 is 15.2 Å². The largest absolute Gasteiger partial charge is 0.328 e. The molecule has 7 heteroatoms. The summed E-state index contributed by atoms with van der Waals surface area (Å²) in [5.74, 6) is 0. The Labute approximate surface area is 92.4 Å². The lowest BCUT2D eigenvalue weighted by Gasteiger charge is -2.11. The fraction of sp³-hybridized carbons (Fsp3) is 1.00. The first-order valence-electron chi connectivity index (χ1n) is 4.36. The lowest BCUT2D eigenvalue weighted by atomic mass is 10.3. The maximum absolute atomic E-state index is 11.2. The van der Waals surface area contributed by atoms with Crippen LogP contribution in [0.1, 0.15) is 27.2 Å². The van der Waals surface area contributed by atoms with E-state index in [0.717, 1.165) is 0 Å². The van der Waals surface area contributed by atoms with Gasteiger partial charge < -0.3 is 5.73 Å². The molecule has 0 rings (SSSR count). The maximum atomic E-state index is 11.2. The van der Waals surface area contributed by atoms with Gasteiger partial charge in [0.2, 0.25) is 0 Å². The van der Waals surface area contributed by atoms with Gasteiger partial charge in [0.1, 0.15) is 0 Å². The summed E-state index contributed by atoms with van der Waals surface area (Å²) in [5.41, 5.74) is 5.47. The molecule has 0 spiro atoms. The van der Waals surface area contributed by atoms with Crippen LogP contribution in [0.3, 0.4) is 0 Å². The van der Waals surface area contributed by atoms with Crippen molar-refractivity contribution in [2.24, 2.45) is 5.73 Å². The average Bonchev–Trinajstić information content (AvgIpc) is 1.81. The number of nitrogens with one attached hydrogen (secondary N) is 2. The zero-order valence-corrected chi connectivity index (χ0v) is 10.4. The molecule has 0 aromatic rings. The summed E-state index contributed by atoms with van der Waals surface area (Å²) in [7, 11) is -3.33. The Morgan fingerprint density at radius 2 is 1.79 bits per heavy atom. The van der Waals surface area contributed by atoms with Crippen LogP contribution in [0.25, 0.3) is 0 Å². The molecule has 5 nitrogen and oxygen atoms in total. The topological polar surface area (TPSA) is 84.2 Å². The van der Waals surface area contributed by atoms with Crippen molar-refractivity contribution in [3.63, 3.8) is 0 Å². The highest BCUT2D eigenvalue weighted by Crippen LogP contribution is 1.87. The lowest BCUT2D eigenvalue weighted by Crippen LogP contribution is -2.41. The molecule has 0 amide bonds. The highest BCUT2D eigenvalue weighted by molar-refractivity contribution is 7.87. The summed E-state index contributed by atoms with van der Waals surface area (Å²) in [6.07, 6.45) is 0.638. The average molecular weight is 246 g/mol. The molecule has 0 aliphatic rings. The standard InChI is InChI=1S/C7H19N3O2S.ClH/c1-6(2)10-13(11,12)9-5-4-7(3)8;/h6-7,9-10H,4-5,8H2,1-3H3;1H. The van der Waals surface area contributed by atoms with Crippen LogP contribution in [-0.4, -0.2) is 27.0 Å². The van der Waals surface area contributed by atoms with E-state index in [4.69, 9.17) is 5.73 Å². The fourth-order valence-electron chi connectivity index (χ4n) is 0.773. The van der Waals surface area contributed by atoms with Gasteiger partial charge in [-0.05, 0) is 27.2 Å². The van der Waals surface area contributed by atoms with Crippen molar-refractivity contribution in [1.29, 1.82) is 0 Å². The number of rotatable bonds is 6. The van der Waals surface area contributed by atoms with Crippen LogP contribution in [0, 0.1) is 0 Å². The Kier molecular flexibility index (Phi) is 8.77. The second kappa shape index (κ2) is 7.42. The molecule has 0 heterocycles. The molecule has 0 aliphatic carbocycles. The minimum atomic E-state index is -3.33. The van der Waals surface area contributed by atoms with Gasteiger partial charge in [-0.2, -0.15) is 13.1 Å². The lowest BCUT2D eigenvalue weighted by molar-refractivity contribution is 0.548. The van der Waals surface area contributed by atoms with Crippen LogP contribution >= 0.6 is 12.4 Å². The second-order valence-corrected chi connectivity index (χ2v) is 4.97. The fourth-order valence-corrected chi connectivity index (χ4v) is 1.86. The molecular weight excluding hydrogens is 226 g/mol. The van der Waals surface area contributed by atoms with Crippen molar-refractivity contribution in [1.82, 2.24) is 9.44 Å². The molecule has 0 aromatic heterocycles. The Balaban J connectivity index is 0. The van der Waals surface area contributed by atoms with E-state index in [9.17, 15) is 8.42 Å². The van der Waals surface area contributed by atoms with Gasteiger partial charge in [0, 0.05) is 18.6 Å². The summed E-state index contributed by atoms with van der Waals surface area (Å²) in [6.45, 7) is 5.75. The summed E-state index contributed by atoms with van der Waals surface area (Å²) in [4.78, 5) is 0. The van der Waals surface area contributed by atoms with Crippen molar-refractivity contribution in [3.8, 4) is 0 Å². The summed E-state index contributed by atoms with van der Waals surface area (Å²) in [6, 6.07) is -0.0745. The number of hydrogen-bond acceptors (Lipinski definition) is 3. The van der Waals surface area contributed by atoms with Crippen molar-refractivity contribution >= 4 is 22.6 Å². The molecule has 0 bridgehead atoms. The normalized spacial score (nSPS) is 13.8. The van der Waals surface area contributed by atoms with Crippen molar-refractivity contribution in [2.45, 2.75) is 39.3 Å². The van der Waals surface area contributed by atoms with Gasteiger partial charge in [-0.25, -0.2) is 4.72 Å². The summed E-state index contributed by atoms with van der Waals surface area (Å²) in [5, 5.41) is 0. The van der Waals surface area contributed by atoms with Crippen LogP contribution in [-0.2, 0) is 10.2 Å². The van der Waals surface area contributed by atoms with Gasteiger partial charge in [0.15, 0.2) is 0 Å². The van der Waals surface area contributed by atoms with Crippen LogP contribution in [0.4, 0.5) is 0 Å². The molecule has 0 fully saturated rings. The molecule has 0 aromatic carbocycles. The minimum absolute atomic E-state index is 0. The van der Waals surface area contributed by atoms with E-state index in [-0.39, 0.29) is 24.5 Å². The Bertz CT molecular complexity index is 229. The first kappa shape index (κ1) is 16.5. The van der Waals surface area contributed by atoms with E-state index in [0.29, 0.717) is 13.0 Å². The van der Waals surface area contributed by atoms with Gasteiger partial charge in [-0.15, -0.1) is 12.4 Å². The third-order valence-electron chi connectivity index (χ3n) is 1.28. The molecule has 14 heavy (non-hydrogen) atoms. The first-order chi connectivity index (χ1) is 5.83. The molecule has 1 atom stereocenters. The number of halogens is 1. The van der Waals surface area contributed by atoms with Crippen LogP contribution in [0.15, 0.2) is 0 Å². The highest BCUT2D eigenvalue weighted by atomic mass is 35.5. The van der Waals surface area contributed by atoms with E-state index in [1.165, 1.54) is 0 Å². The Morgan fingerprint density at radius 1 is 1.29 bits per heavy atom. The van der Waals surface area contributed by atoms with Crippen molar-refractivity contribution in [3.05, 3.63) is 0 Å². The SMILES string of the molecule is CC(N)CCNS(=O)(=O)NC(C)C.Cl. The van der Waals surface area contributed by atoms with Crippen molar-refractivity contribution in [2.75, 3.05) is 6.54 Å². The number of nitrogens with two attached hydrogens (primary N) is 1. The van der Waals surface area contributed by atoms with Crippen molar-refractivity contribution < 1.29 is 8.42 Å². The third-order valence-corrected chi connectivity index (χ3v) is 2.65. The van der Waals surface area contributed by atoms with E-state index in [1.54, 1.807) is 13.8 Å². The highest BCUT2D eigenvalue weighted by Gasteiger charge is 2.09. The van der Waals surface area contributed by atoms with Gasteiger partial charge in [0.05, 0.1) is 0 Å². The predicted octanol–water partition coefficient (Wildman–Crippen LogP) is -0.0221. The van der Waals surface area contributed by atoms with Gasteiger partial charge in [-0.1, -0.05) is 0 Å². The molecule has 88 valence electrons. The maximum Gasteiger partial charge on any atom is 0.277 e. The molecule has 0 saturated carbocycles. The van der Waals surface area contributed by atoms with Crippen LogP contribution in [0.5, 0.6) is 0 Å². The number of hydrogen-bond donors (Lipinski definition) is 3. The third kappa shape index (κ3) is 10.2. The van der Waals surface area contributed by atoms with Gasteiger partial charge in [-0.3, -0.25) is 0 Å². The first-order valence-corrected chi connectivity index (χ1v) is 5.84. The Hall–Kier alpha value is 0.120. The predicted molar refractivity (Wildman–Crippen MR) is 60.7 cm³/mol. The minimum Gasteiger partial charge on any atom is -0.328 e. The van der Waals surface area contributed by atoms with E-state index >= 15 is 0 Å². The molecule has 1 unspecified atom stereocenters.